The molecule has 0 heterocycles. The van der Waals surface area contributed by atoms with Crippen molar-refractivity contribution in [3.8, 4) is 16.9 Å². The average Bonchev–Trinajstić information content (AvgIpc) is 2.40. The van der Waals surface area contributed by atoms with Gasteiger partial charge in [0.25, 0.3) is 5.24 Å². The standard InChI is InChI=1S/C15H13ClO2/c1-2-18-14-6-4-3-5-13(14)11-7-9-12(10-8-11)15(16)17/h3-10H,2H2,1H3. The minimum absolute atomic E-state index is 0.445. The van der Waals surface area contributed by atoms with E-state index >= 15 is 0 Å². The van der Waals surface area contributed by atoms with Gasteiger partial charge in [0.15, 0.2) is 0 Å². The first-order chi connectivity index (χ1) is 8.72. The summed E-state index contributed by atoms with van der Waals surface area (Å²) in [5, 5.41) is -0.445. The van der Waals surface area contributed by atoms with E-state index in [4.69, 9.17) is 16.3 Å². The van der Waals surface area contributed by atoms with Crippen LogP contribution in [0, 0.1) is 0 Å². The van der Waals surface area contributed by atoms with Gasteiger partial charge in [0.1, 0.15) is 5.75 Å². The first-order valence-corrected chi connectivity index (χ1v) is 6.12. The van der Waals surface area contributed by atoms with Gasteiger partial charge in [0.05, 0.1) is 6.61 Å². The molecule has 0 aliphatic carbocycles. The lowest BCUT2D eigenvalue weighted by atomic mass is 10.0. The van der Waals surface area contributed by atoms with Crippen molar-refractivity contribution >= 4 is 16.8 Å². The Bertz CT molecular complexity index is 547. The van der Waals surface area contributed by atoms with Gasteiger partial charge in [-0.1, -0.05) is 30.3 Å². The largest absolute Gasteiger partial charge is 0.493 e. The normalized spacial score (nSPS) is 10.1. The number of rotatable bonds is 4. The van der Waals surface area contributed by atoms with E-state index in [0.29, 0.717) is 12.2 Å². The molecule has 3 heteroatoms. The van der Waals surface area contributed by atoms with Gasteiger partial charge in [-0.2, -0.15) is 0 Å². The molecule has 0 aromatic heterocycles. The van der Waals surface area contributed by atoms with E-state index in [-0.39, 0.29) is 0 Å². The molecule has 2 aromatic rings. The quantitative estimate of drug-likeness (QED) is 0.773. The molecule has 0 aliphatic rings. The van der Waals surface area contributed by atoms with Crippen LogP contribution in [0.5, 0.6) is 5.75 Å². The third-order valence-corrected chi connectivity index (χ3v) is 2.83. The van der Waals surface area contributed by atoms with E-state index in [1.54, 1.807) is 12.1 Å². The summed E-state index contributed by atoms with van der Waals surface area (Å²) in [7, 11) is 0. The SMILES string of the molecule is CCOc1ccccc1-c1ccc(C(=O)Cl)cc1. The topological polar surface area (TPSA) is 26.3 Å². The van der Waals surface area contributed by atoms with Gasteiger partial charge in [-0.05, 0) is 42.3 Å². The number of carbonyl (C=O) groups excluding carboxylic acids is 1. The molecule has 2 nitrogen and oxygen atoms in total. The summed E-state index contributed by atoms with van der Waals surface area (Å²) in [6.07, 6.45) is 0. The van der Waals surface area contributed by atoms with Gasteiger partial charge >= 0.3 is 0 Å². The third kappa shape index (κ3) is 2.71. The number of para-hydroxylation sites is 1. The Labute approximate surface area is 111 Å². The molecule has 0 atom stereocenters. The lowest BCUT2D eigenvalue weighted by Crippen LogP contribution is -1.94. The molecule has 0 unspecified atom stereocenters. The smallest absolute Gasteiger partial charge is 0.252 e. The molecule has 92 valence electrons. The number of halogens is 1. The zero-order valence-electron chi connectivity index (χ0n) is 10.0. The Morgan fingerprint density at radius 3 is 2.39 bits per heavy atom. The van der Waals surface area contributed by atoms with Gasteiger partial charge in [0.2, 0.25) is 0 Å². The fourth-order valence-electron chi connectivity index (χ4n) is 1.77. The molecule has 0 spiro atoms. The Balaban J connectivity index is 2.39. The molecule has 0 saturated heterocycles. The Kier molecular flexibility index (Phi) is 4.00. The molecule has 0 N–H and O–H groups in total. The highest BCUT2D eigenvalue weighted by Crippen LogP contribution is 2.30. The molecule has 18 heavy (non-hydrogen) atoms. The number of ether oxygens (including phenoxy) is 1. The van der Waals surface area contributed by atoms with Crippen molar-refractivity contribution in [3.05, 3.63) is 54.1 Å². The maximum absolute atomic E-state index is 11.0. The Morgan fingerprint density at radius 2 is 1.78 bits per heavy atom. The van der Waals surface area contributed by atoms with Crippen LogP contribution in [0.4, 0.5) is 0 Å². The fraction of sp³-hybridized carbons (Fsp3) is 0.133. The van der Waals surface area contributed by atoms with Crippen LogP contribution < -0.4 is 4.74 Å². The number of hydrogen-bond acceptors (Lipinski definition) is 2. The summed E-state index contributed by atoms with van der Waals surface area (Å²) in [6.45, 7) is 2.57. The van der Waals surface area contributed by atoms with E-state index in [0.717, 1.165) is 16.9 Å². The van der Waals surface area contributed by atoms with Crippen LogP contribution in [0.15, 0.2) is 48.5 Å². The van der Waals surface area contributed by atoms with Crippen LogP contribution in [-0.2, 0) is 0 Å². The maximum atomic E-state index is 11.0. The first kappa shape index (κ1) is 12.7. The minimum atomic E-state index is -0.445. The first-order valence-electron chi connectivity index (χ1n) is 5.74. The predicted octanol–water partition coefficient (Wildman–Crippen LogP) is 4.13. The van der Waals surface area contributed by atoms with E-state index in [9.17, 15) is 4.79 Å². The van der Waals surface area contributed by atoms with Crippen LogP contribution in [0.2, 0.25) is 0 Å². The van der Waals surface area contributed by atoms with Crippen molar-refractivity contribution in [1.29, 1.82) is 0 Å². The molecular formula is C15H13ClO2. The van der Waals surface area contributed by atoms with Crippen molar-refractivity contribution in [2.24, 2.45) is 0 Å². The van der Waals surface area contributed by atoms with Crippen molar-refractivity contribution in [3.63, 3.8) is 0 Å². The van der Waals surface area contributed by atoms with Crippen LogP contribution in [-0.4, -0.2) is 11.8 Å². The zero-order chi connectivity index (χ0) is 13.0. The monoisotopic (exact) mass is 260 g/mol. The summed E-state index contributed by atoms with van der Waals surface area (Å²) in [5.74, 6) is 0.838. The van der Waals surface area contributed by atoms with Gasteiger partial charge < -0.3 is 4.74 Å². The van der Waals surface area contributed by atoms with Crippen molar-refractivity contribution in [1.82, 2.24) is 0 Å². The highest BCUT2D eigenvalue weighted by Gasteiger charge is 2.06. The zero-order valence-corrected chi connectivity index (χ0v) is 10.8. The molecule has 0 aliphatic heterocycles. The number of hydrogen-bond donors (Lipinski definition) is 0. The summed E-state index contributed by atoms with van der Waals surface area (Å²) in [6, 6.07) is 15.0. The van der Waals surface area contributed by atoms with Crippen LogP contribution >= 0.6 is 11.6 Å². The predicted molar refractivity (Wildman–Crippen MR) is 73.2 cm³/mol. The lowest BCUT2D eigenvalue weighted by Gasteiger charge is -2.10. The van der Waals surface area contributed by atoms with Gasteiger partial charge in [-0.15, -0.1) is 0 Å². The Morgan fingerprint density at radius 1 is 1.11 bits per heavy atom. The summed E-state index contributed by atoms with van der Waals surface area (Å²) in [4.78, 5) is 11.0. The van der Waals surface area contributed by atoms with Crippen LogP contribution in [0.3, 0.4) is 0 Å². The summed E-state index contributed by atoms with van der Waals surface area (Å²) < 4.78 is 5.58. The average molecular weight is 261 g/mol. The van der Waals surface area contributed by atoms with Crippen LogP contribution in [0.1, 0.15) is 17.3 Å². The van der Waals surface area contributed by atoms with E-state index in [2.05, 4.69) is 0 Å². The maximum Gasteiger partial charge on any atom is 0.252 e. The second-order valence-electron chi connectivity index (χ2n) is 3.78. The molecule has 0 fully saturated rings. The summed E-state index contributed by atoms with van der Waals surface area (Å²) in [5.41, 5.74) is 2.50. The molecule has 0 saturated carbocycles. The molecular weight excluding hydrogens is 248 g/mol. The van der Waals surface area contributed by atoms with Gasteiger partial charge in [0, 0.05) is 11.1 Å². The summed E-state index contributed by atoms with van der Waals surface area (Å²) >= 11 is 5.42. The highest BCUT2D eigenvalue weighted by molar-refractivity contribution is 6.67. The van der Waals surface area contributed by atoms with Crippen LogP contribution in [0.25, 0.3) is 11.1 Å². The molecule has 0 amide bonds. The molecule has 0 radical (unpaired) electrons. The number of benzene rings is 2. The highest BCUT2D eigenvalue weighted by atomic mass is 35.5. The second kappa shape index (κ2) is 5.69. The lowest BCUT2D eigenvalue weighted by molar-refractivity contribution is 0.108. The fourth-order valence-corrected chi connectivity index (χ4v) is 1.89. The van der Waals surface area contributed by atoms with Crippen molar-refractivity contribution in [2.45, 2.75) is 6.92 Å². The van der Waals surface area contributed by atoms with E-state index < -0.39 is 5.24 Å². The van der Waals surface area contributed by atoms with Crippen molar-refractivity contribution < 1.29 is 9.53 Å². The van der Waals surface area contributed by atoms with Crippen molar-refractivity contribution in [2.75, 3.05) is 6.61 Å². The molecule has 2 rings (SSSR count). The Hall–Kier alpha value is -1.80. The third-order valence-electron chi connectivity index (χ3n) is 2.61. The van der Waals surface area contributed by atoms with E-state index in [1.807, 2.05) is 43.3 Å². The van der Waals surface area contributed by atoms with Gasteiger partial charge in [-0.3, -0.25) is 4.79 Å². The molecule has 0 bridgehead atoms. The van der Waals surface area contributed by atoms with Gasteiger partial charge in [-0.25, -0.2) is 0 Å². The van der Waals surface area contributed by atoms with E-state index in [1.165, 1.54) is 0 Å². The minimum Gasteiger partial charge on any atom is -0.493 e. The molecule has 2 aromatic carbocycles. The number of carbonyl (C=O) groups is 1. The second-order valence-corrected chi connectivity index (χ2v) is 4.12.